The van der Waals surface area contributed by atoms with E-state index < -0.39 is 18.0 Å². The summed E-state index contributed by atoms with van der Waals surface area (Å²) in [5, 5.41) is 6.05. The van der Waals surface area contributed by atoms with Gasteiger partial charge in [-0.25, -0.2) is 9.59 Å². The molecule has 0 spiro atoms. The Bertz CT molecular complexity index is 972. The first kappa shape index (κ1) is 21.5. The van der Waals surface area contributed by atoms with Crippen LogP contribution in [0.25, 0.3) is 0 Å². The first-order chi connectivity index (χ1) is 14.4. The normalized spacial score (nSPS) is 15.9. The number of ether oxygens (including phenoxy) is 3. The molecule has 3 rings (SSSR count). The Kier molecular flexibility index (Phi) is 6.84. The second-order valence-electron chi connectivity index (χ2n) is 6.58. The highest BCUT2D eigenvalue weighted by molar-refractivity contribution is 6.30. The number of methoxy groups -OCH3 is 1. The number of para-hydroxylation sites is 1. The van der Waals surface area contributed by atoms with E-state index in [1.54, 1.807) is 44.2 Å². The van der Waals surface area contributed by atoms with Gasteiger partial charge in [-0.05, 0) is 37.6 Å². The highest BCUT2D eigenvalue weighted by Gasteiger charge is 2.34. The number of urea groups is 1. The number of hydrogen-bond acceptors (Lipinski definition) is 5. The number of amides is 2. The fraction of sp³-hybridized carbons (Fsp3) is 0.273. The minimum atomic E-state index is -0.756. The smallest absolute Gasteiger partial charge is 0.338 e. The molecule has 1 heterocycles. The third-order valence-electron chi connectivity index (χ3n) is 4.60. The van der Waals surface area contributed by atoms with Crippen molar-refractivity contribution in [2.75, 3.05) is 13.7 Å². The largest absolute Gasteiger partial charge is 0.493 e. The molecule has 2 amide bonds. The molecule has 2 aromatic carbocycles. The summed E-state index contributed by atoms with van der Waals surface area (Å²) in [7, 11) is 1.53. The van der Waals surface area contributed by atoms with E-state index in [0.29, 0.717) is 33.4 Å². The van der Waals surface area contributed by atoms with Crippen LogP contribution in [-0.2, 0) is 16.1 Å². The predicted octanol–water partition coefficient (Wildman–Crippen LogP) is 4.12. The molecule has 0 unspecified atom stereocenters. The van der Waals surface area contributed by atoms with Gasteiger partial charge in [-0.3, -0.25) is 0 Å². The lowest BCUT2D eigenvalue weighted by molar-refractivity contribution is -0.139. The zero-order valence-electron chi connectivity index (χ0n) is 17.0. The van der Waals surface area contributed by atoms with Crippen molar-refractivity contribution < 1.29 is 23.8 Å². The number of benzene rings is 2. The van der Waals surface area contributed by atoms with Crippen molar-refractivity contribution in [1.82, 2.24) is 10.6 Å². The second kappa shape index (κ2) is 9.54. The van der Waals surface area contributed by atoms with Crippen LogP contribution in [-0.4, -0.2) is 25.7 Å². The highest BCUT2D eigenvalue weighted by Crippen LogP contribution is 2.39. The number of halogens is 1. The van der Waals surface area contributed by atoms with Gasteiger partial charge >= 0.3 is 12.0 Å². The van der Waals surface area contributed by atoms with Gasteiger partial charge in [0.05, 0.1) is 25.3 Å². The molecule has 0 bridgehead atoms. The van der Waals surface area contributed by atoms with Crippen LogP contribution in [0.1, 0.15) is 31.0 Å². The second-order valence-corrected chi connectivity index (χ2v) is 7.02. The van der Waals surface area contributed by atoms with Gasteiger partial charge in [-0.2, -0.15) is 0 Å². The topological polar surface area (TPSA) is 85.9 Å². The van der Waals surface area contributed by atoms with Gasteiger partial charge in [0, 0.05) is 16.3 Å². The molecule has 2 aromatic rings. The Balaban J connectivity index is 2.01. The van der Waals surface area contributed by atoms with Crippen LogP contribution >= 0.6 is 11.6 Å². The van der Waals surface area contributed by atoms with Gasteiger partial charge in [-0.1, -0.05) is 35.9 Å². The molecule has 1 aliphatic rings. The first-order valence-corrected chi connectivity index (χ1v) is 9.82. The fourth-order valence-electron chi connectivity index (χ4n) is 3.22. The summed E-state index contributed by atoms with van der Waals surface area (Å²) in [5.74, 6) is 0.394. The number of nitrogens with one attached hydrogen (secondary N) is 2. The van der Waals surface area contributed by atoms with E-state index in [2.05, 4.69) is 10.6 Å². The molecular weight excluding hydrogens is 408 g/mol. The van der Waals surface area contributed by atoms with E-state index in [1.165, 1.54) is 7.11 Å². The lowest BCUT2D eigenvalue weighted by Gasteiger charge is -2.29. The molecule has 0 fully saturated rings. The first-order valence-electron chi connectivity index (χ1n) is 9.44. The molecule has 8 heteroatoms. The van der Waals surface area contributed by atoms with Crippen molar-refractivity contribution in [2.24, 2.45) is 0 Å². The zero-order valence-corrected chi connectivity index (χ0v) is 17.7. The van der Waals surface area contributed by atoms with E-state index in [4.69, 9.17) is 25.8 Å². The molecule has 1 atom stereocenters. The van der Waals surface area contributed by atoms with Crippen molar-refractivity contribution in [2.45, 2.75) is 26.5 Å². The number of allylic oxidation sites excluding steroid dienone is 1. The van der Waals surface area contributed by atoms with Crippen LogP contribution in [0.5, 0.6) is 11.5 Å². The third-order valence-corrected chi connectivity index (χ3v) is 4.85. The Morgan fingerprint density at radius 3 is 2.57 bits per heavy atom. The monoisotopic (exact) mass is 430 g/mol. The number of hydrogen-bond donors (Lipinski definition) is 2. The average molecular weight is 431 g/mol. The number of carbonyl (C=O) groups excluding carboxylic acids is 2. The van der Waals surface area contributed by atoms with E-state index in [0.717, 1.165) is 5.56 Å². The molecule has 0 radical (unpaired) electrons. The van der Waals surface area contributed by atoms with Crippen LogP contribution in [0, 0.1) is 0 Å². The summed E-state index contributed by atoms with van der Waals surface area (Å²) in [4.78, 5) is 24.8. The van der Waals surface area contributed by atoms with E-state index in [-0.39, 0.29) is 13.2 Å². The number of rotatable bonds is 7. The SMILES string of the molecule is CCOC(=O)C1=C(C)NC(=O)N[C@H]1c1cccc(OC)c1OCc1ccc(Cl)cc1. The maximum absolute atomic E-state index is 12.6. The van der Waals surface area contributed by atoms with Gasteiger partial charge < -0.3 is 24.8 Å². The standard InChI is InChI=1S/C22H23ClN2O5/c1-4-29-21(26)18-13(2)24-22(27)25-19(18)16-6-5-7-17(28-3)20(16)30-12-14-8-10-15(23)11-9-14/h5-11,19H,4,12H2,1-3H3,(H2,24,25,27)/t19-/m0/s1. The minimum Gasteiger partial charge on any atom is -0.493 e. The Hall–Kier alpha value is -3.19. The van der Waals surface area contributed by atoms with Crippen LogP contribution < -0.4 is 20.1 Å². The van der Waals surface area contributed by atoms with Gasteiger partial charge in [0.15, 0.2) is 11.5 Å². The van der Waals surface area contributed by atoms with Crippen LogP contribution in [0.2, 0.25) is 5.02 Å². The molecule has 30 heavy (non-hydrogen) atoms. The van der Waals surface area contributed by atoms with Crippen molar-refractivity contribution >= 4 is 23.6 Å². The van der Waals surface area contributed by atoms with Gasteiger partial charge in [0.1, 0.15) is 6.61 Å². The van der Waals surface area contributed by atoms with Crippen molar-refractivity contribution in [3.8, 4) is 11.5 Å². The van der Waals surface area contributed by atoms with E-state index in [9.17, 15) is 9.59 Å². The summed E-state index contributed by atoms with van der Waals surface area (Å²) in [6.45, 7) is 3.85. The molecule has 7 nitrogen and oxygen atoms in total. The number of esters is 1. The minimum absolute atomic E-state index is 0.217. The van der Waals surface area contributed by atoms with E-state index in [1.807, 2.05) is 12.1 Å². The lowest BCUT2D eigenvalue weighted by atomic mass is 9.94. The van der Waals surface area contributed by atoms with Crippen molar-refractivity contribution in [1.29, 1.82) is 0 Å². The van der Waals surface area contributed by atoms with E-state index >= 15 is 0 Å². The van der Waals surface area contributed by atoms with Crippen LogP contribution in [0.4, 0.5) is 4.79 Å². The summed E-state index contributed by atoms with van der Waals surface area (Å²) in [5.41, 5.74) is 2.22. The molecule has 0 saturated heterocycles. The Morgan fingerprint density at radius 2 is 1.90 bits per heavy atom. The third kappa shape index (κ3) is 4.68. The lowest BCUT2D eigenvalue weighted by Crippen LogP contribution is -2.45. The maximum Gasteiger partial charge on any atom is 0.338 e. The van der Waals surface area contributed by atoms with Gasteiger partial charge in [0.25, 0.3) is 0 Å². The molecule has 158 valence electrons. The molecule has 0 aromatic heterocycles. The molecule has 0 aliphatic carbocycles. The Labute approximate surface area is 180 Å². The summed E-state index contributed by atoms with van der Waals surface area (Å²) in [6.07, 6.45) is 0. The Morgan fingerprint density at radius 1 is 1.17 bits per heavy atom. The quantitative estimate of drug-likeness (QED) is 0.645. The molecule has 1 aliphatic heterocycles. The fourth-order valence-corrected chi connectivity index (χ4v) is 3.34. The number of carbonyl (C=O) groups is 2. The predicted molar refractivity (Wildman–Crippen MR) is 113 cm³/mol. The van der Waals surface area contributed by atoms with Gasteiger partial charge in [0.2, 0.25) is 0 Å². The summed E-state index contributed by atoms with van der Waals surface area (Å²) >= 11 is 5.95. The highest BCUT2D eigenvalue weighted by atomic mass is 35.5. The molecule has 2 N–H and O–H groups in total. The van der Waals surface area contributed by atoms with Crippen LogP contribution in [0.3, 0.4) is 0 Å². The molecular formula is C22H23ClN2O5. The average Bonchev–Trinajstić information content (AvgIpc) is 2.72. The van der Waals surface area contributed by atoms with Crippen molar-refractivity contribution in [3.63, 3.8) is 0 Å². The zero-order chi connectivity index (χ0) is 21.7. The maximum atomic E-state index is 12.6. The van der Waals surface area contributed by atoms with Crippen LogP contribution in [0.15, 0.2) is 53.7 Å². The van der Waals surface area contributed by atoms with Crippen molar-refractivity contribution in [3.05, 3.63) is 69.9 Å². The summed E-state index contributed by atoms with van der Waals surface area (Å²) < 4.78 is 16.8. The summed E-state index contributed by atoms with van der Waals surface area (Å²) in [6, 6.07) is 11.4. The molecule has 0 saturated carbocycles. The van der Waals surface area contributed by atoms with Gasteiger partial charge in [-0.15, -0.1) is 0 Å².